The summed E-state index contributed by atoms with van der Waals surface area (Å²) in [6.45, 7) is 0. The lowest BCUT2D eigenvalue weighted by molar-refractivity contribution is 0.631. The first-order valence-corrected chi connectivity index (χ1v) is 6.95. The van der Waals surface area contributed by atoms with E-state index in [-0.39, 0.29) is 11.1 Å². The normalized spacial score (nSPS) is 10.8. The molecule has 0 aliphatic heterocycles. The van der Waals surface area contributed by atoms with Crippen molar-refractivity contribution >= 4 is 49.9 Å². The molecule has 0 radical (unpaired) electrons. The minimum Gasteiger partial charge on any atom is -0.337 e. The summed E-state index contributed by atoms with van der Waals surface area (Å²) in [7, 11) is 0. The zero-order chi connectivity index (χ0) is 14.1. The summed E-state index contributed by atoms with van der Waals surface area (Å²) >= 11 is 9.11. The molecule has 6 heteroatoms. The summed E-state index contributed by atoms with van der Waals surface area (Å²) < 4.78 is 14.5. The molecule has 0 saturated carbocycles. The predicted molar refractivity (Wildman–Crippen MR) is 81.9 cm³/mol. The van der Waals surface area contributed by atoms with E-state index in [1.807, 2.05) is 24.3 Å². The van der Waals surface area contributed by atoms with Gasteiger partial charge in [-0.25, -0.2) is 9.37 Å². The Balaban J connectivity index is 2.10. The van der Waals surface area contributed by atoms with E-state index in [0.717, 1.165) is 5.39 Å². The molecule has 3 aromatic rings. The molecule has 0 saturated heterocycles. The first-order valence-electron chi connectivity index (χ1n) is 5.78. The van der Waals surface area contributed by atoms with Crippen LogP contribution in [0.15, 0.2) is 46.9 Å². The van der Waals surface area contributed by atoms with Crippen LogP contribution in [0.4, 0.5) is 15.9 Å². The van der Waals surface area contributed by atoms with Crippen LogP contribution < -0.4 is 5.32 Å². The lowest BCUT2D eigenvalue weighted by Crippen LogP contribution is -1.99. The van der Waals surface area contributed by atoms with E-state index >= 15 is 0 Å². The Hall–Kier alpha value is -1.72. The van der Waals surface area contributed by atoms with Crippen LogP contribution >= 0.6 is 27.5 Å². The second-order valence-electron chi connectivity index (χ2n) is 4.11. The summed E-state index contributed by atoms with van der Waals surface area (Å²) in [5.74, 6) is 0.0972. The third-order valence-electron chi connectivity index (χ3n) is 2.76. The van der Waals surface area contributed by atoms with Gasteiger partial charge in [0.1, 0.15) is 11.6 Å². The number of para-hydroxylation sites is 1. The number of hydrogen-bond acceptors (Lipinski definition) is 3. The summed E-state index contributed by atoms with van der Waals surface area (Å²) in [6, 6.07) is 12.2. The number of anilines is 2. The molecule has 0 bridgehead atoms. The van der Waals surface area contributed by atoms with Crippen molar-refractivity contribution in [2.45, 2.75) is 0 Å². The lowest BCUT2D eigenvalue weighted by atomic mass is 10.2. The van der Waals surface area contributed by atoms with E-state index in [1.54, 1.807) is 12.1 Å². The van der Waals surface area contributed by atoms with Crippen LogP contribution in [0.25, 0.3) is 10.9 Å². The van der Waals surface area contributed by atoms with Crippen molar-refractivity contribution in [1.82, 2.24) is 9.97 Å². The van der Waals surface area contributed by atoms with E-state index in [2.05, 4.69) is 31.2 Å². The Morgan fingerprint density at radius 3 is 2.70 bits per heavy atom. The van der Waals surface area contributed by atoms with Crippen LogP contribution in [0, 0.1) is 5.82 Å². The van der Waals surface area contributed by atoms with Crippen molar-refractivity contribution in [1.29, 1.82) is 0 Å². The summed E-state index contributed by atoms with van der Waals surface area (Å²) in [5, 5.41) is 3.84. The molecule has 0 amide bonds. The molecule has 0 spiro atoms. The van der Waals surface area contributed by atoms with E-state index in [4.69, 9.17) is 11.6 Å². The maximum Gasteiger partial charge on any atom is 0.224 e. The van der Waals surface area contributed by atoms with Gasteiger partial charge in [-0.15, -0.1) is 0 Å². The third kappa shape index (κ3) is 2.59. The van der Waals surface area contributed by atoms with Crippen LogP contribution in [0.1, 0.15) is 0 Å². The van der Waals surface area contributed by atoms with Crippen molar-refractivity contribution in [3.8, 4) is 0 Å². The Kier molecular flexibility index (Phi) is 3.54. The van der Waals surface area contributed by atoms with Crippen LogP contribution in [-0.4, -0.2) is 9.97 Å². The van der Waals surface area contributed by atoms with Gasteiger partial charge in [-0.05, 0) is 41.9 Å². The molecule has 0 aliphatic carbocycles. The van der Waals surface area contributed by atoms with Gasteiger partial charge in [-0.1, -0.05) is 28.1 Å². The van der Waals surface area contributed by atoms with Crippen LogP contribution in [0.5, 0.6) is 0 Å². The summed E-state index contributed by atoms with van der Waals surface area (Å²) in [6.07, 6.45) is 0. The standard InChI is InChI=1S/C14H8BrClFN3/c15-8-5-6-12(10(17)7-8)18-13-9-3-1-2-4-11(9)19-14(16)20-13/h1-7H,(H,18,19,20). The molecular weight excluding hydrogens is 345 g/mol. The maximum absolute atomic E-state index is 13.9. The lowest BCUT2D eigenvalue weighted by Gasteiger charge is -2.10. The number of benzene rings is 2. The summed E-state index contributed by atoms with van der Waals surface area (Å²) in [4.78, 5) is 8.25. The Morgan fingerprint density at radius 2 is 1.90 bits per heavy atom. The average Bonchev–Trinajstić information content (AvgIpc) is 2.41. The molecule has 20 heavy (non-hydrogen) atoms. The van der Waals surface area contributed by atoms with Gasteiger partial charge in [0.05, 0.1) is 11.2 Å². The van der Waals surface area contributed by atoms with Gasteiger partial charge < -0.3 is 5.32 Å². The zero-order valence-corrected chi connectivity index (χ0v) is 12.4. The van der Waals surface area contributed by atoms with Gasteiger partial charge in [0.15, 0.2) is 0 Å². The first kappa shape index (κ1) is 13.3. The maximum atomic E-state index is 13.9. The molecule has 100 valence electrons. The van der Waals surface area contributed by atoms with E-state index < -0.39 is 0 Å². The summed E-state index contributed by atoms with van der Waals surface area (Å²) in [5.41, 5.74) is 1.03. The molecular formula is C14H8BrClFN3. The van der Waals surface area contributed by atoms with Crippen molar-refractivity contribution in [3.05, 3.63) is 58.0 Å². The highest BCUT2D eigenvalue weighted by Crippen LogP contribution is 2.27. The smallest absolute Gasteiger partial charge is 0.224 e. The fourth-order valence-corrected chi connectivity index (χ4v) is 2.37. The molecule has 0 aliphatic rings. The number of hydrogen-bond donors (Lipinski definition) is 1. The highest BCUT2D eigenvalue weighted by molar-refractivity contribution is 9.10. The Labute approximate surface area is 127 Å². The largest absolute Gasteiger partial charge is 0.337 e. The van der Waals surface area contributed by atoms with Crippen molar-refractivity contribution < 1.29 is 4.39 Å². The quantitative estimate of drug-likeness (QED) is 0.665. The van der Waals surface area contributed by atoms with Gasteiger partial charge in [-0.3, -0.25) is 0 Å². The monoisotopic (exact) mass is 351 g/mol. The highest BCUT2D eigenvalue weighted by atomic mass is 79.9. The molecule has 1 aromatic heterocycles. The van der Waals surface area contributed by atoms with Gasteiger partial charge in [0.2, 0.25) is 5.28 Å². The molecule has 1 heterocycles. The molecule has 2 aromatic carbocycles. The minimum atomic E-state index is -0.377. The van der Waals surface area contributed by atoms with Gasteiger partial charge in [0, 0.05) is 9.86 Å². The van der Waals surface area contributed by atoms with Gasteiger partial charge in [0.25, 0.3) is 0 Å². The van der Waals surface area contributed by atoms with E-state index in [0.29, 0.717) is 21.5 Å². The number of aromatic nitrogens is 2. The van der Waals surface area contributed by atoms with Crippen molar-refractivity contribution in [3.63, 3.8) is 0 Å². The van der Waals surface area contributed by atoms with Crippen molar-refractivity contribution in [2.75, 3.05) is 5.32 Å². The zero-order valence-electron chi connectivity index (χ0n) is 10.1. The van der Waals surface area contributed by atoms with Crippen LogP contribution in [0.3, 0.4) is 0 Å². The predicted octanol–water partition coefficient (Wildman–Crippen LogP) is 4.93. The molecule has 3 rings (SSSR count). The van der Waals surface area contributed by atoms with E-state index in [1.165, 1.54) is 6.07 Å². The minimum absolute atomic E-state index is 0.115. The number of nitrogens with one attached hydrogen (secondary N) is 1. The first-order chi connectivity index (χ1) is 9.63. The second kappa shape index (κ2) is 5.34. The van der Waals surface area contributed by atoms with Crippen LogP contribution in [0.2, 0.25) is 5.28 Å². The third-order valence-corrected chi connectivity index (χ3v) is 3.42. The van der Waals surface area contributed by atoms with Gasteiger partial charge >= 0.3 is 0 Å². The molecule has 1 N–H and O–H groups in total. The molecule has 0 fully saturated rings. The SMILES string of the molecule is Fc1cc(Br)ccc1Nc1nc(Cl)nc2ccccc12. The van der Waals surface area contributed by atoms with E-state index in [9.17, 15) is 4.39 Å². The fraction of sp³-hybridized carbons (Fsp3) is 0. The molecule has 0 unspecified atom stereocenters. The number of fused-ring (bicyclic) bond motifs is 1. The second-order valence-corrected chi connectivity index (χ2v) is 5.36. The number of rotatable bonds is 2. The Bertz CT molecular complexity index is 794. The number of nitrogens with zero attached hydrogens (tertiary/aromatic N) is 2. The highest BCUT2D eigenvalue weighted by Gasteiger charge is 2.09. The van der Waals surface area contributed by atoms with Crippen LogP contribution in [-0.2, 0) is 0 Å². The molecule has 3 nitrogen and oxygen atoms in total. The average molecular weight is 353 g/mol. The molecule has 0 atom stereocenters. The topological polar surface area (TPSA) is 37.8 Å². The fourth-order valence-electron chi connectivity index (χ4n) is 1.86. The Morgan fingerprint density at radius 1 is 1.10 bits per heavy atom. The van der Waals surface area contributed by atoms with Crippen molar-refractivity contribution in [2.24, 2.45) is 0 Å². The number of halogens is 3. The van der Waals surface area contributed by atoms with Gasteiger partial charge in [-0.2, -0.15) is 4.98 Å².